The number of ether oxygens (including phenoxy) is 2. The van der Waals surface area contributed by atoms with E-state index in [-0.39, 0.29) is 11.2 Å². The van der Waals surface area contributed by atoms with Crippen LogP contribution in [0.3, 0.4) is 0 Å². The van der Waals surface area contributed by atoms with Crippen LogP contribution in [0.1, 0.15) is 45.1 Å². The van der Waals surface area contributed by atoms with Crippen molar-refractivity contribution in [3.63, 3.8) is 0 Å². The van der Waals surface area contributed by atoms with Crippen molar-refractivity contribution in [1.29, 1.82) is 5.26 Å². The highest BCUT2D eigenvalue weighted by Gasteiger charge is 2.41. The number of carbonyl (C=O) groups excluding carboxylic acids is 1. The summed E-state index contributed by atoms with van der Waals surface area (Å²) in [5.74, 6) is 0.498. The molecule has 2 aliphatic rings. The van der Waals surface area contributed by atoms with Crippen molar-refractivity contribution in [2.75, 3.05) is 14.2 Å². The first-order valence-electron chi connectivity index (χ1n) is 8.78. The molecule has 6 heteroatoms. The van der Waals surface area contributed by atoms with E-state index in [1.807, 2.05) is 6.92 Å². The zero-order valence-electron chi connectivity index (χ0n) is 16.2. The maximum atomic E-state index is 13.0. The number of nitrogens with one attached hydrogen (secondary N) is 1. The van der Waals surface area contributed by atoms with Crippen molar-refractivity contribution in [2.24, 2.45) is 5.41 Å². The molecule has 0 bridgehead atoms. The average molecular weight is 387 g/mol. The topological polar surface area (TPSA) is 71.3 Å². The minimum atomic E-state index is -0.466. The highest BCUT2D eigenvalue weighted by molar-refractivity contribution is 6.32. The summed E-state index contributed by atoms with van der Waals surface area (Å²) in [7, 11) is 3.05. The second-order valence-electron chi connectivity index (χ2n) is 7.78. The summed E-state index contributed by atoms with van der Waals surface area (Å²) < 4.78 is 10.7. The molecule has 1 atom stereocenters. The van der Waals surface area contributed by atoms with Crippen LogP contribution in [0.5, 0.6) is 11.5 Å². The van der Waals surface area contributed by atoms with Crippen molar-refractivity contribution >= 4 is 17.4 Å². The smallest absolute Gasteiger partial charge is 0.179 e. The van der Waals surface area contributed by atoms with E-state index < -0.39 is 5.92 Å². The molecule has 0 radical (unpaired) electrons. The number of hydrogen-bond donors (Lipinski definition) is 1. The van der Waals surface area contributed by atoms with E-state index in [9.17, 15) is 10.1 Å². The van der Waals surface area contributed by atoms with Gasteiger partial charge in [0.15, 0.2) is 17.3 Å². The summed E-state index contributed by atoms with van der Waals surface area (Å²) in [6, 6.07) is 5.82. The predicted octanol–water partition coefficient (Wildman–Crippen LogP) is 4.48. The van der Waals surface area contributed by atoms with E-state index in [4.69, 9.17) is 21.1 Å². The van der Waals surface area contributed by atoms with Gasteiger partial charge in [-0.15, -0.1) is 0 Å². The maximum absolute atomic E-state index is 13.0. The molecular weight excluding hydrogens is 364 g/mol. The van der Waals surface area contributed by atoms with Crippen LogP contribution >= 0.6 is 11.6 Å². The summed E-state index contributed by atoms with van der Waals surface area (Å²) in [5, 5.41) is 13.5. The summed E-state index contributed by atoms with van der Waals surface area (Å²) in [4.78, 5) is 13.0. The molecule has 5 nitrogen and oxygen atoms in total. The highest BCUT2D eigenvalue weighted by atomic mass is 35.5. The lowest BCUT2D eigenvalue weighted by molar-refractivity contribution is -0.118. The Balaban J connectivity index is 2.23. The van der Waals surface area contributed by atoms with Gasteiger partial charge in [0.2, 0.25) is 0 Å². The number of allylic oxidation sites excluding steroid dienone is 4. The van der Waals surface area contributed by atoms with E-state index in [2.05, 4.69) is 25.2 Å². The van der Waals surface area contributed by atoms with E-state index >= 15 is 0 Å². The third kappa shape index (κ3) is 3.30. The third-order valence-corrected chi connectivity index (χ3v) is 5.43. The molecule has 1 aromatic rings. The van der Waals surface area contributed by atoms with Gasteiger partial charge in [0, 0.05) is 23.4 Å². The van der Waals surface area contributed by atoms with E-state index in [0.717, 1.165) is 23.4 Å². The summed E-state index contributed by atoms with van der Waals surface area (Å²) in [6.45, 7) is 6.03. The van der Waals surface area contributed by atoms with Gasteiger partial charge in [0.1, 0.15) is 0 Å². The second-order valence-corrected chi connectivity index (χ2v) is 8.19. The number of dihydropyridines is 1. The van der Waals surface area contributed by atoms with Crippen LogP contribution in [0, 0.1) is 16.7 Å². The van der Waals surface area contributed by atoms with Crippen molar-refractivity contribution in [1.82, 2.24) is 5.32 Å². The number of rotatable bonds is 3. The number of halogens is 1. The summed E-state index contributed by atoms with van der Waals surface area (Å²) in [6.07, 6.45) is 1.20. The molecule has 1 unspecified atom stereocenters. The number of ketones is 1. The number of methoxy groups -OCH3 is 2. The van der Waals surface area contributed by atoms with Gasteiger partial charge in [0.05, 0.1) is 36.8 Å². The largest absolute Gasteiger partial charge is 0.493 e. The minimum absolute atomic E-state index is 0.0601. The summed E-state index contributed by atoms with van der Waals surface area (Å²) in [5.41, 5.74) is 3.45. The van der Waals surface area contributed by atoms with Gasteiger partial charge in [-0.2, -0.15) is 5.26 Å². The number of carbonyl (C=O) groups is 1. The SMILES string of the molecule is COc1cc(C2C(C#N)=C(C)NC3=C2C(=O)CC(C)(C)C3)cc(Cl)c1OC. The first-order chi connectivity index (χ1) is 12.7. The lowest BCUT2D eigenvalue weighted by Gasteiger charge is -2.38. The van der Waals surface area contributed by atoms with Gasteiger partial charge in [-0.05, 0) is 36.5 Å². The number of benzene rings is 1. The Hall–Kier alpha value is -2.45. The van der Waals surface area contributed by atoms with Crippen LogP contribution in [0.15, 0.2) is 34.7 Å². The molecule has 1 aromatic carbocycles. The average Bonchev–Trinajstić information content (AvgIpc) is 2.58. The summed E-state index contributed by atoms with van der Waals surface area (Å²) >= 11 is 6.40. The Morgan fingerprint density at radius 3 is 2.56 bits per heavy atom. The normalized spacial score (nSPS) is 21.4. The zero-order chi connectivity index (χ0) is 19.9. The standard InChI is InChI=1S/C21H23ClN2O3/c1-11-13(10-23)18(12-6-14(22)20(27-5)17(7-12)26-4)19-15(24-11)8-21(2,3)9-16(19)25/h6-7,18,24H,8-9H2,1-5H3. The molecule has 1 heterocycles. The number of nitriles is 1. The Morgan fingerprint density at radius 1 is 1.26 bits per heavy atom. The van der Waals surface area contributed by atoms with Crippen LogP contribution in [-0.2, 0) is 4.79 Å². The molecule has 0 spiro atoms. The Kier molecular flexibility index (Phi) is 4.96. The fourth-order valence-electron chi connectivity index (χ4n) is 4.02. The van der Waals surface area contributed by atoms with Gasteiger partial charge >= 0.3 is 0 Å². The van der Waals surface area contributed by atoms with Crippen molar-refractivity contribution in [3.8, 4) is 17.6 Å². The monoisotopic (exact) mass is 386 g/mol. The maximum Gasteiger partial charge on any atom is 0.179 e. The van der Waals surface area contributed by atoms with Gasteiger partial charge in [-0.1, -0.05) is 25.4 Å². The molecule has 142 valence electrons. The predicted molar refractivity (Wildman–Crippen MR) is 104 cm³/mol. The molecule has 3 rings (SSSR count). The number of nitrogens with zero attached hydrogens (tertiary/aromatic N) is 1. The molecule has 27 heavy (non-hydrogen) atoms. The second kappa shape index (κ2) is 6.94. The molecule has 0 amide bonds. The first kappa shape index (κ1) is 19.3. The quantitative estimate of drug-likeness (QED) is 0.828. The van der Waals surface area contributed by atoms with Gasteiger partial charge in [-0.3, -0.25) is 4.79 Å². The molecule has 1 aliphatic carbocycles. The zero-order valence-corrected chi connectivity index (χ0v) is 17.0. The van der Waals surface area contributed by atoms with Crippen molar-refractivity contribution in [2.45, 2.75) is 39.5 Å². The fourth-order valence-corrected chi connectivity index (χ4v) is 4.32. The van der Waals surface area contributed by atoms with E-state index in [1.165, 1.54) is 14.2 Å². The van der Waals surface area contributed by atoms with Gasteiger partial charge in [-0.25, -0.2) is 0 Å². The van der Waals surface area contributed by atoms with E-state index in [1.54, 1.807) is 12.1 Å². The molecule has 1 N–H and O–H groups in total. The third-order valence-electron chi connectivity index (χ3n) is 5.15. The first-order valence-corrected chi connectivity index (χ1v) is 9.15. The molecule has 0 saturated heterocycles. The molecular formula is C21H23ClN2O3. The van der Waals surface area contributed by atoms with Gasteiger partial charge < -0.3 is 14.8 Å². The van der Waals surface area contributed by atoms with E-state index in [0.29, 0.717) is 34.1 Å². The van der Waals surface area contributed by atoms with Gasteiger partial charge in [0.25, 0.3) is 0 Å². The molecule has 0 saturated carbocycles. The van der Waals surface area contributed by atoms with Crippen LogP contribution in [0.2, 0.25) is 5.02 Å². The minimum Gasteiger partial charge on any atom is -0.493 e. The van der Waals surface area contributed by atoms with Crippen LogP contribution < -0.4 is 14.8 Å². The molecule has 0 aromatic heterocycles. The highest BCUT2D eigenvalue weighted by Crippen LogP contribution is 2.48. The van der Waals surface area contributed by atoms with Crippen LogP contribution in [0.4, 0.5) is 0 Å². The lowest BCUT2D eigenvalue weighted by Crippen LogP contribution is -2.36. The Morgan fingerprint density at radius 2 is 1.96 bits per heavy atom. The van der Waals surface area contributed by atoms with Crippen molar-refractivity contribution in [3.05, 3.63) is 45.3 Å². The van der Waals surface area contributed by atoms with Crippen LogP contribution in [0.25, 0.3) is 0 Å². The molecule has 1 aliphatic heterocycles. The number of hydrogen-bond acceptors (Lipinski definition) is 5. The van der Waals surface area contributed by atoms with Crippen molar-refractivity contribution < 1.29 is 14.3 Å². The lowest BCUT2D eigenvalue weighted by atomic mass is 9.69. The molecule has 0 fully saturated rings. The van der Waals surface area contributed by atoms with Crippen LogP contribution in [-0.4, -0.2) is 20.0 Å². The number of Topliss-reactive ketones (excluding diaryl/α,β-unsaturated/α-hetero) is 1. The Labute approximate surface area is 164 Å². The Bertz CT molecular complexity index is 922. The fraction of sp³-hybridized carbons (Fsp3) is 0.429.